The summed E-state index contributed by atoms with van der Waals surface area (Å²) in [6.07, 6.45) is -0.737. The molecule has 3 aromatic carbocycles. The average molecular weight is 479 g/mol. The number of sulfonamides is 1. The van der Waals surface area contributed by atoms with Crippen LogP contribution in [0.5, 0.6) is 5.75 Å². The van der Waals surface area contributed by atoms with Gasteiger partial charge in [-0.25, -0.2) is 8.42 Å². The zero-order valence-corrected chi connectivity index (χ0v) is 19.1. The van der Waals surface area contributed by atoms with E-state index in [1.165, 1.54) is 42.5 Å². The molecule has 0 aromatic heterocycles. The van der Waals surface area contributed by atoms with Crippen molar-refractivity contribution in [2.24, 2.45) is 0 Å². The number of hydrogen-bond acceptors (Lipinski definition) is 4. The summed E-state index contributed by atoms with van der Waals surface area (Å²) in [4.78, 5) is 12.4. The quantitative estimate of drug-likeness (QED) is 0.468. The van der Waals surface area contributed by atoms with Crippen LogP contribution in [0.1, 0.15) is 12.5 Å². The highest BCUT2D eigenvalue weighted by molar-refractivity contribution is 7.92. The lowest BCUT2D eigenvalue weighted by atomic mass is 10.2. The molecule has 0 radical (unpaired) electrons. The lowest BCUT2D eigenvalue weighted by Crippen LogP contribution is -2.30. The van der Waals surface area contributed by atoms with Crippen molar-refractivity contribution in [1.82, 2.24) is 0 Å². The predicted octanol–water partition coefficient (Wildman–Crippen LogP) is 5.51. The van der Waals surface area contributed by atoms with Crippen LogP contribution in [0.2, 0.25) is 10.0 Å². The Morgan fingerprint density at radius 2 is 1.58 bits per heavy atom. The second-order valence-corrected chi connectivity index (χ2v) is 9.41. The molecule has 0 heterocycles. The Morgan fingerprint density at radius 1 is 0.935 bits per heavy atom. The fraction of sp³-hybridized carbons (Fsp3) is 0.136. The number of carbonyl (C=O) groups excluding carboxylic acids is 1. The van der Waals surface area contributed by atoms with E-state index in [-0.39, 0.29) is 16.5 Å². The maximum absolute atomic E-state index is 12.6. The standard InChI is InChI=1S/C22H20Cl2N2O4S/c1-14-4-3-5-20(10-14)30-15(2)22(27)25-18-6-8-21(9-7-18)31(28,29)26-19-12-16(23)11-17(24)13-19/h3-13,15,26H,1-2H3,(H,25,27)/t15-/m1/s1. The van der Waals surface area contributed by atoms with Gasteiger partial charge >= 0.3 is 0 Å². The minimum absolute atomic E-state index is 0.0191. The Balaban J connectivity index is 1.65. The van der Waals surface area contributed by atoms with Gasteiger partial charge in [0.1, 0.15) is 5.75 Å². The first-order valence-electron chi connectivity index (χ1n) is 9.25. The Hall–Kier alpha value is -2.74. The van der Waals surface area contributed by atoms with Crippen LogP contribution in [0.3, 0.4) is 0 Å². The predicted molar refractivity (Wildman–Crippen MR) is 124 cm³/mol. The lowest BCUT2D eigenvalue weighted by molar-refractivity contribution is -0.122. The van der Waals surface area contributed by atoms with E-state index in [1.807, 2.05) is 25.1 Å². The Kier molecular flexibility index (Phi) is 7.10. The Morgan fingerprint density at radius 3 is 2.19 bits per heavy atom. The summed E-state index contributed by atoms with van der Waals surface area (Å²) in [7, 11) is -3.86. The van der Waals surface area contributed by atoms with Gasteiger partial charge in [-0.15, -0.1) is 0 Å². The summed E-state index contributed by atoms with van der Waals surface area (Å²) >= 11 is 11.8. The van der Waals surface area contributed by atoms with E-state index < -0.39 is 16.1 Å². The maximum atomic E-state index is 12.6. The summed E-state index contributed by atoms with van der Waals surface area (Å²) in [5.74, 6) is 0.236. The van der Waals surface area contributed by atoms with Crippen LogP contribution < -0.4 is 14.8 Å². The van der Waals surface area contributed by atoms with E-state index in [4.69, 9.17) is 27.9 Å². The third-order valence-corrected chi connectivity index (χ3v) is 6.05. The molecule has 31 heavy (non-hydrogen) atoms. The molecule has 3 rings (SSSR count). The monoisotopic (exact) mass is 478 g/mol. The summed E-state index contributed by atoms with van der Waals surface area (Å²) in [6.45, 7) is 3.57. The molecule has 0 aliphatic carbocycles. The molecular formula is C22H20Cl2N2O4S. The molecule has 0 saturated heterocycles. The summed E-state index contributed by atoms with van der Waals surface area (Å²) < 4.78 is 33.3. The van der Waals surface area contributed by atoms with Crippen LogP contribution in [0.15, 0.2) is 71.6 Å². The smallest absolute Gasteiger partial charge is 0.265 e. The normalized spacial score (nSPS) is 12.1. The third-order valence-electron chi connectivity index (χ3n) is 4.22. The Labute approximate surface area is 191 Å². The lowest BCUT2D eigenvalue weighted by Gasteiger charge is -2.15. The van der Waals surface area contributed by atoms with Crippen molar-refractivity contribution in [1.29, 1.82) is 0 Å². The highest BCUT2D eigenvalue weighted by atomic mass is 35.5. The van der Waals surface area contributed by atoms with E-state index in [1.54, 1.807) is 13.0 Å². The summed E-state index contributed by atoms with van der Waals surface area (Å²) in [5.41, 5.74) is 1.71. The second kappa shape index (κ2) is 9.60. The van der Waals surface area contributed by atoms with Crippen LogP contribution in [-0.4, -0.2) is 20.4 Å². The largest absolute Gasteiger partial charge is 0.481 e. The van der Waals surface area contributed by atoms with Crippen LogP contribution in [0.4, 0.5) is 11.4 Å². The molecule has 0 aliphatic rings. The SMILES string of the molecule is Cc1cccc(O[C@H](C)C(=O)Nc2ccc(S(=O)(=O)Nc3cc(Cl)cc(Cl)c3)cc2)c1. The van der Waals surface area contributed by atoms with Crippen LogP contribution >= 0.6 is 23.2 Å². The van der Waals surface area contributed by atoms with Gasteiger partial charge < -0.3 is 10.1 Å². The molecule has 2 N–H and O–H groups in total. The van der Waals surface area contributed by atoms with E-state index >= 15 is 0 Å². The Bertz CT molecular complexity index is 1180. The van der Waals surface area contributed by atoms with E-state index in [0.29, 0.717) is 21.5 Å². The number of nitrogens with one attached hydrogen (secondary N) is 2. The van der Waals surface area contributed by atoms with E-state index in [2.05, 4.69) is 10.0 Å². The number of amides is 1. The van der Waals surface area contributed by atoms with Gasteiger partial charge in [-0.3, -0.25) is 9.52 Å². The number of ether oxygens (including phenoxy) is 1. The second-order valence-electron chi connectivity index (χ2n) is 6.85. The average Bonchev–Trinajstić information content (AvgIpc) is 2.67. The molecule has 1 atom stereocenters. The molecule has 0 fully saturated rings. The number of benzene rings is 3. The number of aryl methyl sites for hydroxylation is 1. The maximum Gasteiger partial charge on any atom is 0.265 e. The minimum atomic E-state index is -3.86. The van der Waals surface area contributed by atoms with E-state index in [9.17, 15) is 13.2 Å². The number of carbonyl (C=O) groups is 1. The molecular weight excluding hydrogens is 459 g/mol. The summed E-state index contributed by atoms with van der Waals surface area (Å²) in [6, 6.07) is 17.6. The fourth-order valence-electron chi connectivity index (χ4n) is 2.73. The van der Waals surface area contributed by atoms with Crippen LogP contribution in [-0.2, 0) is 14.8 Å². The fourth-order valence-corrected chi connectivity index (χ4v) is 4.30. The van der Waals surface area contributed by atoms with Crippen molar-refractivity contribution in [2.75, 3.05) is 10.0 Å². The third kappa shape index (κ3) is 6.37. The number of halogens is 2. The number of rotatable bonds is 7. The van der Waals surface area contributed by atoms with Gasteiger partial charge in [0.15, 0.2) is 6.10 Å². The molecule has 0 spiro atoms. The summed E-state index contributed by atoms with van der Waals surface area (Å²) in [5, 5.41) is 3.33. The van der Waals surface area contributed by atoms with Crippen molar-refractivity contribution < 1.29 is 17.9 Å². The highest BCUT2D eigenvalue weighted by Crippen LogP contribution is 2.25. The molecule has 6 nitrogen and oxygen atoms in total. The van der Waals surface area contributed by atoms with Crippen LogP contribution in [0.25, 0.3) is 0 Å². The van der Waals surface area contributed by atoms with Gasteiger partial charge in [0, 0.05) is 15.7 Å². The van der Waals surface area contributed by atoms with Gasteiger partial charge in [-0.05, 0) is 74.0 Å². The molecule has 0 bridgehead atoms. The zero-order valence-electron chi connectivity index (χ0n) is 16.7. The zero-order chi connectivity index (χ0) is 22.6. The van der Waals surface area contributed by atoms with Crippen molar-refractivity contribution in [3.05, 3.63) is 82.3 Å². The first-order valence-corrected chi connectivity index (χ1v) is 11.5. The molecule has 9 heteroatoms. The van der Waals surface area contributed by atoms with Gasteiger partial charge in [0.2, 0.25) is 0 Å². The van der Waals surface area contributed by atoms with Crippen molar-refractivity contribution in [3.63, 3.8) is 0 Å². The number of hydrogen-bond donors (Lipinski definition) is 2. The van der Waals surface area contributed by atoms with Crippen molar-refractivity contribution in [3.8, 4) is 5.75 Å². The molecule has 162 valence electrons. The topological polar surface area (TPSA) is 84.5 Å². The minimum Gasteiger partial charge on any atom is -0.481 e. The highest BCUT2D eigenvalue weighted by Gasteiger charge is 2.17. The first kappa shape index (κ1) is 22.9. The van der Waals surface area contributed by atoms with Crippen LogP contribution in [0, 0.1) is 6.92 Å². The van der Waals surface area contributed by atoms with Gasteiger partial charge in [-0.2, -0.15) is 0 Å². The molecule has 0 unspecified atom stereocenters. The van der Waals surface area contributed by atoms with Gasteiger partial charge in [0.25, 0.3) is 15.9 Å². The molecule has 0 aliphatic heterocycles. The first-order chi connectivity index (χ1) is 14.6. The van der Waals surface area contributed by atoms with Gasteiger partial charge in [-0.1, -0.05) is 35.3 Å². The van der Waals surface area contributed by atoms with Crippen molar-refractivity contribution >= 4 is 50.5 Å². The molecule has 1 amide bonds. The number of anilines is 2. The van der Waals surface area contributed by atoms with Crippen molar-refractivity contribution in [2.45, 2.75) is 24.8 Å². The van der Waals surface area contributed by atoms with E-state index in [0.717, 1.165) is 5.56 Å². The molecule has 3 aromatic rings. The molecule has 0 saturated carbocycles. The van der Waals surface area contributed by atoms with Gasteiger partial charge in [0.05, 0.1) is 10.6 Å².